The van der Waals surface area contributed by atoms with Crippen LogP contribution < -0.4 is 4.90 Å². The molecule has 1 heterocycles. The summed E-state index contributed by atoms with van der Waals surface area (Å²) in [4.78, 5) is 2.50. The second kappa shape index (κ2) is 14.4. The number of nitrogens with zero attached hydrogens (tertiary/aromatic N) is 2. The van der Waals surface area contributed by atoms with Crippen molar-refractivity contribution in [1.82, 2.24) is 4.57 Å². The second-order valence-electron chi connectivity index (χ2n) is 14.1. The number of benzene rings is 9. The minimum absolute atomic E-state index is 1.08. The lowest BCUT2D eigenvalue weighted by Gasteiger charge is -2.31. The number of fused-ring (bicyclic) bond motifs is 3. The molecule has 0 aliphatic carbocycles. The largest absolute Gasteiger partial charge is 0.309 e. The molecule has 1 aromatic heterocycles. The van der Waals surface area contributed by atoms with Crippen molar-refractivity contribution in [1.29, 1.82) is 0 Å². The van der Waals surface area contributed by atoms with Gasteiger partial charge in [-0.25, -0.2) is 0 Å². The minimum atomic E-state index is 1.08. The zero-order valence-electron chi connectivity index (χ0n) is 30.8. The highest BCUT2D eigenvalue weighted by atomic mass is 15.2. The highest BCUT2D eigenvalue weighted by Gasteiger charge is 2.26. The first-order valence-electron chi connectivity index (χ1n) is 19.2. The van der Waals surface area contributed by atoms with Gasteiger partial charge in [0.2, 0.25) is 0 Å². The maximum absolute atomic E-state index is 2.50. The molecule has 0 spiro atoms. The molecule has 2 heteroatoms. The molecule has 56 heavy (non-hydrogen) atoms. The summed E-state index contributed by atoms with van der Waals surface area (Å²) in [5, 5.41) is 2.40. The Morgan fingerprint density at radius 3 is 1.55 bits per heavy atom. The number of rotatable bonds is 8. The normalized spacial score (nSPS) is 11.2. The summed E-state index contributed by atoms with van der Waals surface area (Å²) in [5.41, 5.74) is 16.2. The standard InChI is InChI=1S/C54H38N2/c1-5-20-39(21-6-1)42-26-17-29-44(38-42)56(52-37-19-36-51-54(52)48-32-15-16-34-49(48)55(51)43-27-11-4-12-28-43)50-35-18-33-46(41-24-9-3-10-25-41)53(50)47-31-14-13-30-45(47)40-22-7-2-8-23-40/h1-38H. The van der Waals surface area contributed by atoms with Crippen molar-refractivity contribution < 1.29 is 0 Å². The van der Waals surface area contributed by atoms with Gasteiger partial charge in [0.15, 0.2) is 0 Å². The topological polar surface area (TPSA) is 8.17 Å². The van der Waals surface area contributed by atoms with Crippen LogP contribution in [-0.2, 0) is 0 Å². The third-order valence-electron chi connectivity index (χ3n) is 10.8. The number of aromatic nitrogens is 1. The summed E-state index contributed by atoms with van der Waals surface area (Å²) in [6.07, 6.45) is 0. The van der Waals surface area contributed by atoms with Crippen LogP contribution in [0.3, 0.4) is 0 Å². The van der Waals surface area contributed by atoms with E-state index in [9.17, 15) is 0 Å². The van der Waals surface area contributed by atoms with E-state index in [-0.39, 0.29) is 0 Å². The van der Waals surface area contributed by atoms with E-state index >= 15 is 0 Å². The second-order valence-corrected chi connectivity index (χ2v) is 14.1. The fourth-order valence-electron chi connectivity index (χ4n) is 8.34. The molecule has 0 saturated heterocycles. The quantitative estimate of drug-likeness (QED) is 0.152. The van der Waals surface area contributed by atoms with Gasteiger partial charge < -0.3 is 9.47 Å². The molecule has 0 radical (unpaired) electrons. The summed E-state index contributed by atoms with van der Waals surface area (Å²) in [5.74, 6) is 0. The van der Waals surface area contributed by atoms with Gasteiger partial charge in [0.05, 0.1) is 22.4 Å². The van der Waals surface area contributed by atoms with Crippen molar-refractivity contribution in [3.8, 4) is 50.2 Å². The van der Waals surface area contributed by atoms with Gasteiger partial charge in [-0.2, -0.15) is 0 Å². The number of para-hydroxylation sites is 2. The van der Waals surface area contributed by atoms with Crippen molar-refractivity contribution in [2.45, 2.75) is 0 Å². The third kappa shape index (κ3) is 5.85. The van der Waals surface area contributed by atoms with Gasteiger partial charge in [0.25, 0.3) is 0 Å². The Morgan fingerprint density at radius 1 is 0.321 bits per heavy atom. The lowest BCUT2D eigenvalue weighted by molar-refractivity contribution is 1.18. The van der Waals surface area contributed by atoms with E-state index < -0.39 is 0 Å². The lowest BCUT2D eigenvalue weighted by Crippen LogP contribution is -2.12. The fraction of sp³-hybridized carbons (Fsp3) is 0. The van der Waals surface area contributed by atoms with E-state index in [4.69, 9.17) is 0 Å². The van der Waals surface area contributed by atoms with Gasteiger partial charge in [0.1, 0.15) is 0 Å². The molecule has 264 valence electrons. The summed E-state index contributed by atoms with van der Waals surface area (Å²) < 4.78 is 2.40. The minimum Gasteiger partial charge on any atom is -0.309 e. The van der Waals surface area contributed by atoms with E-state index in [1.165, 1.54) is 55.2 Å². The van der Waals surface area contributed by atoms with Crippen molar-refractivity contribution in [2.75, 3.05) is 4.90 Å². The Labute approximate surface area is 327 Å². The molecular weight excluding hydrogens is 677 g/mol. The summed E-state index contributed by atoms with van der Waals surface area (Å²) in [6, 6.07) is 83.2. The maximum atomic E-state index is 2.50. The molecule has 0 unspecified atom stereocenters. The molecule has 0 bridgehead atoms. The molecule has 0 saturated carbocycles. The van der Waals surface area contributed by atoms with Gasteiger partial charge in [-0.3, -0.25) is 0 Å². The third-order valence-corrected chi connectivity index (χ3v) is 10.8. The molecule has 0 atom stereocenters. The van der Waals surface area contributed by atoms with Gasteiger partial charge in [-0.15, -0.1) is 0 Å². The SMILES string of the molecule is c1ccc(-c2cccc(N(c3cccc(-c4ccccc4)c3-c3ccccc3-c3ccccc3)c3cccc4c3c3ccccc3n4-c3ccccc3)c2)cc1. The van der Waals surface area contributed by atoms with Gasteiger partial charge in [-0.1, -0.05) is 182 Å². The first-order chi connectivity index (χ1) is 27.8. The Hall–Kier alpha value is -7.42. The molecule has 2 nitrogen and oxygen atoms in total. The first-order valence-corrected chi connectivity index (χ1v) is 19.2. The Bertz CT molecular complexity index is 2950. The molecule has 10 rings (SSSR count). The van der Waals surface area contributed by atoms with Gasteiger partial charge >= 0.3 is 0 Å². The number of anilines is 3. The summed E-state index contributed by atoms with van der Waals surface area (Å²) in [6.45, 7) is 0. The summed E-state index contributed by atoms with van der Waals surface area (Å²) >= 11 is 0. The smallest absolute Gasteiger partial charge is 0.0562 e. The highest BCUT2D eigenvalue weighted by molar-refractivity contribution is 6.17. The molecule has 10 aromatic rings. The van der Waals surface area contributed by atoms with Crippen LogP contribution >= 0.6 is 0 Å². The van der Waals surface area contributed by atoms with Crippen LogP contribution in [0.25, 0.3) is 72.0 Å². The van der Waals surface area contributed by atoms with Crippen LogP contribution in [0.2, 0.25) is 0 Å². The Kier molecular flexibility index (Phi) is 8.55. The lowest BCUT2D eigenvalue weighted by atomic mass is 9.87. The van der Waals surface area contributed by atoms with Crippen LogP contribution in [0.15, 0.2) is 231 Å². The van der Waals surface area contributed by atoms with Crippen LogP contribution in [0.5, 0.6) is 0 Å². The Morgan fingerprint density at radius 2 is 0.821 bits per heavy atom. The van der Waals surface area contributed by atoms with E-state index in [0.29, 0.717) is 0 Å². The maximum Gasteiger partial charge on any atom is 0.0562 e. The summed E-state index contributed by atoms with van der Waals surface area (Å²) in [7, 11) is 0. The van der Waals surface area contributed by atoms with E-state index in [1.807, 2.05) is 0 Å². The molecule has 0 aliphatic heterocycles. The fourth-order valence-corrected chi connectivity index (χ4v) is 8.34. The van der Waals surface area contributed by atoms with E-state index in [2.05, 4.69) is 240 Å². The molecule has 0 amide bonds. The zero-order valence-corrected chi connectivity index (χ0v) is 30.8. The molecule has 9 aromatic carbocycles. The monoisotopic (exact) mass is 714 g/mol. The average Bonchev–Trinajstić information content (AvgIpc) is 3.63. The molecule has 0 fully saturated rings. The Balaban J connectivity index is 1.33. The molecule has 0 N–H and O–H groups in total. The van der Waals surface area contributed by atoms with Crippen LogP contribution in [-0.4, -0.2) is 4.57 Å². The van der Waals surface area contributed by atoms with Gasteiger partial charge in [0, 0.05) is 27.7 Å². The van der Waals surface area contributed by atoms with E-state index in [0.717, 1.165) is 33.8 Å². The average molecular weight is 715 g/mol. The predicted molar refractivity (Wildman–Crippen MR) is 237 cm³/mol. The van der Waals surface area contributed by atoms with Crippen LogP contribution in [0.1, 0.15) is 0 Å². The first kappa shape index (κ1) is 33.2. The zero-order chi connectivity index (χ0) is 37.3. The van der Waals surface area contributed by atoms with Crippen LogP contribution in [0, 0.1) is 0 Å². The van der Waals surface area contributed by atoms with Crippen molar-refractivity contribution in [3.63, 3.8) is 0 Å². The van der Waals surface area contributed by atoms with Gasteiger partial charge in [-0.05, 0) is 87.5 Å². The predicted octanol–water partition coefficient (Wildman–Crippen LogP) is 14.9. The van der Waals surface area contributed by atoms with E-state index in [1.54, 1.807) is 0 Å². The number of hydrogen-bond donors (Lipinski definition) is 0. The highest BCUT2D eigenvalue weighted by Crippen LogP contribution is 2.50. The van der Waals surface area contributed by atoms with Crippen molar-refractivity contribution >= 4 is 38.9 Å². The van der Waals surface area contributed by atoms with Crippen molar-refractivity contribution in [3.05, 3.63) is 231 Å². The molecular formula is C54H38N2. The number of hydrogen-bond acceptors (Lipinski definition) is 1. The molecule has 0 aliphatic rings. The van der Waals surface area contributed by atoms with Crippen molar-refractivity contribution in [2.24, 2.45) is 0 Å². The van der Waals surface area contributed by atoms with Crippen LogP contribution in [0.4, 0.5) is 17.1 Å².